The largest absolute Gasteiger partial charge is 0.315 e. The number of aromatic nitrogens is 1. The van der Waals surface area contributed by atoms with E-state index in [9.17, 15) is 4.79 Å². The van der Waals surface area contributed by atoms with Crippen molar-refractivity contribution in [2.45, 2.75) is 38.6 Å². The fourth-order valence-electron chi connectivity index (χ4n) is 2.70. The first kappa shape index (κ1) is 11.0. The van der Waals surface area contributed by atoms with Gasteiger partial charge in [0, 0.05) is 24.8 Å². The lowest BCUT2D eigenvalue weighted by Crippen LogP contribution is -2.29. The molecule has 1 aromatic heterocycles. The van der Waals surface area contributed by atoms with Gasteiger partial charge in [0.05, 0.1) is 0 Å². The van der Waals surface area contributed by atoms with Gasteiger partial charge in [0.1, 0.15) is 0 Å². The summed E-state index contributed by atoms with van der Waals surface area (Å²) in [6.07, 6.45) is 6.19. The van der Waals surface area contributed by atoms with Crippen LogP contribution >= 0.6 is 0 Å². The zero-order valence-electron chi connectivity index (χ0n) is 10.2. The first-order valence-corrected chi connectivity index (χ1v) is 6.77. The van der Waals surface area contributed by atoms with Crippen molar-refractivity contribution in [3.05, 3.63) is 33.7 Å². The van der Waals surface area contributed by atoms with Crippen LogP contribution in [0.3, 0.4) is 0 Å². The number of nitrogens with one attached hydrogen (secondary N) is 1. The number of pyridine rings is 1. The van der Waals surface area contributed by atoms with E-state index < -0.39 is 0 Å². The Bertz CT molecular complexity index is 460. The Balaban J connectivity index is 1.64. The summed E-state index contributed by atoms with van der Waals surface area (Å²) in [5, 5.41) is 3.45. The Hall–Kier alpha value is -1.09. The summed E-state index contributed by atoms with van der Waals surface area (Å²) in [7, 11) is 0. The van der Waals surface area contributed by atoms with Crippen molar-refractivity contribution in [2.24, 2.45) is 5.92 Å². The fourth-order valence-corrected chi connectivity index (χ4v) is 2.70. The molecule has 17 heavy (non-hydrogen) atoms. The van der Waals surface area contributed by atoms with Gasteiger partial charge in [0.15, 0.2) is 0 Å². The van der Waals surface area contributed by atoms with Gasteiger partial charge in [-0.3, -0.25) is 4.79 Å². The molecule has 0 amide bonds. The normalized spacial score (nSPS) is 18.4. The molecule has 1 fully saturated rings. The highest BCUT2D eigenvalue weighted by Gasteiger charge is 2.20. The van der Waals surface area contributed by atoms with Gasteiger partial charge >= 0.3 is 0 Å². The summed E-state index contributed by atoms with van der Waals surface area (Å²) in [5.41, 5.74) is 2.83. The van der Waals surface area contributed by atoms with Gasteiger partial charge in [-0.05, 0) is 50.1 Å². The Morgan fingerprint density at radius 1 is 1.29 bits per heavy atom. The number of nitrogens with zero attached hydrogens (tertiary/aromatic N) is 1. The lowest BCUT2D eigenvalue weighted by molar-refractivity contribution is 0.554. The predicted molar refractivity (Wildman–Crippen MR) is 68.3 cm³/mol. The molecule has 0 bridgehead atoms. The average Bonchev–Trinajstić information content (AvgIpc) is 3.03. The second-order valence-corrected chi connectivity index (χ2v) is 5.30. The minimum absolute atomic E-state index is 0.166. The van der Waals surface area contributed by atoms with E-state index in [1.807, 2.05) is 10.6 Å². The summed E-state index contributed by atoms with van der Waals surface area (Å²) in [6, 6.07) is 3.74. The standard InChI is InChI=1S/C14H20N2O/c17-14-7-6-12-2-1-3-13(12)16(14)9-8-15-10-11-4-5-11/h6-7,11,15H,1-5,8-10H2. The van der Waals surface area contributed by atoms with E-state index in [1.165, 1.54) is 30.5 Å². The summed E-state index contributed by atoms with van der Waals surface area (Å²) in [6.45, 7) is 2.88. The molecule has 0 atom stereocenters. The van der Waals surface area contributed by atoms with Crippen LogP contribution in [0.1, 0.15) is 30.5 Å². The lowest BCUT2D eigenvalue weighted by Gasteiger charge is -2.12. The van der Waals surface area contributed by atoms with Crippen LogP contribution in [0.2, 0.25) is 0 Å². The number of hydrogen-bond donors (Lipinski definition) is 1. The Morgan fingerprint density at radius 2 is 2.18 bits per heavy atom. The third-order valence-electron chi connectivity index (χ3n) is 3.89. The minimum Gasteiger partial charge on any atom is -0.315 e. The van der Waals surface area contributed by atoms with Crippen LogP contribution in [-0.4, -0.2) is 17.7 Å². The quantitative estimate of drug-likeness (QED) is 0.777. The molecular formula is C14H20N2O. The third-order valence-corrected chi connectivity index (χ3v) is 3.89. The molecule has 3 rings (SSSR count). The van der Waals surface area contributed by atoms with Crippen molar-refractivity contribution >= 4 is 0 Å². The molecule has 0 unspecified atom stereocenters. The van der Waals surface area contributed by atoms with Crippen molar-refractivity contribution in [3.63, 3.8) is 0 Å². The zero-order chi connectivity index (χ0) is 11.7. The molecule has 0 radical (unpaired) electrons. The van der Waals surface area contributed by atoms with Crippen LogP contribution in [0.15, 0.2) is 16.9 Å². The van der Waals surface area contributed by atoms with E-state index in [2.05, 4.69) is 5.32 Å². The fraction of sp³-hybridized carbons (Fsp3) is 0.643. The van der Waals surface area contributed by atoms with E-state index in [1.54, 1.807) is 6.07 Å². The summed E-state index contributed by atoms with van der Waals surface area (Å²) < 4.78 is 1.97. The van der Waals surface area contributed by atoms with Gasteiger partial charge in [0.25, 0.3) is 5.56 Å². The molecular weight excluding hydrogens is 212 g/mol. The Kier molecular flexibility index (Phi) is 3.02. The van der Waals surface area contributed by atoms with Crippen molar-refractivity contribution in [1.29, 1.82) is 0 Å². The average molecular weight is 232 g/mol. The van der Waals surface area contributed by atoms with E-state index in [0.29, 0.717) is 0 Å². The lowest BCUT2D eigenvalue weighted by atomic mass is 10.2. The number of fused-ring (bicyclic) bond motifs is 1. The number of aryl methyl sites for hydroxylation is 1. The molecule has 0 aliphatic heterocycles. The van der Waals surface area contributed by atoms with Gasteiger partial charge in [-0.25, -0.2) is 0 Å². The molecule has 92 valence electrons. The van der Waals surface area contributed by atoms with Crippen LogP contribution in [0.5, 0.6) is 0 Å². The summed E-state index contributed by atoms with van der Waals surface area (Å²) in [4.78, 5) is 11.9. The highest BCUT2D eigenvalue weighted by molar-refractivity contribution is 5.25. The molecule has 3 heteroatoms. The number of rotatable bonds is 5. The molecule has 3 nitrogen and oxygen atoms in total. The Morgan fingerprint density at radius 3 is 3.00 bits per heavy atom. The second kappa shape index (κ2) is 4.65. The maximum atomic E-state index is 11.9. The van der Waals surface area contributed by atoms with Gasteiger partial charge in [0.2, 0.25) is 0 Å². The first-order valence-electron chi connectivity index (χ1n) is 6.77. The highest BCUT2D eigenvalue weighted by atomic mass is 16.1. The van der Waals surface area contributed by atoms with Crippen molar-refractivity contribution in [3.8, 4) is 0 Å². The molecule has 1 N–H and O–H groups in total. The number of hydrogen-bond acceptors (Lipinski definition) is 2. The minimum atomic E-state index is 0.166. The van der Waals surface area contributed by atoms with Crippen molar-refractivity contribution in [2.75, 3.05) is 13.1 Å². The highest BCUT2D eigenvalue weighted by Crippen LogP contribution is 2.27. The van der Waals surface area contributed by atoms with E-state index >= 15 is 0 Å². The third kappa shape index (κ3) is 2.44. The molecule has 2 aliphatic carbocycles. The zero-order valence-corrected chi connectivity index (χ0v) is 10.2. The van der Waals surface area contributed by atoms with Crippen LogP contribution in [0, 0.1) is 5.92 Å². The molecule has 1 heterocycles. The van der Waals surface area contributed by atoms with E-state index in [4.69, 9.17) is 0 Å². The maximum absolute atomic E-state index is 11.9. The van der Waals surface area contributed by atoms with Gasteiger partial charge in [-0.2, -0.15) is 0 Å². The topological polar surface area (TPSA) is 34.0 Å². The van der Waals surface area contributed by atoms with Crippen LogP contribution in [-0.2, 0) is 19.4 Å². The van der Waals surface area contributed by atoms with Crippen molar-refractivity contribution in [1.82, 2.24) is 9.88 Å². The molecule has 1 saturated carbocycles. The first-order chi connectivity index (χ1) is 8.34. The van der Waals surface area contributed by atoms with Crippen LogP contribution < -0.4 is 10.9 Å². The molecule has 1 aromatic rings. The maximum Gasteiger partial charge on any atom is 0.250 e. The molecule has 0 aromatic carbocycles. The van der Waals surface area contributed by atoms with Crippen molar-refractivity contribution < 1.29 is 0 Å². The SMILES string of the molecule is O=c1ccc2c(n1CCNCC1CC1)CCC2. The molecule has 2 aliphatic rings. The predicted octanol–water partition coefficient (Wildman–Crippen LogP) is 1.34. The van der Waals surface area contributed by atoms with E-state index in [-0.39, 0.29) is 5.56 Å². The second-order valence-electron chi connectivity index (χ2n) is 5.30. The summed E-state index contributed by atoms with van der Waals surface area (Å²) in [5.74, 6) is 0.910. The summed E-state index contributed by atoms with van der Waals surface area (Å²) >= 11 is 0. The van der Waals surface area contributed by atoms with E-state index in [0.717, 1.165) is 38.4 Å². The smallest absolute Gasteiger partial charge is 0.250 e. The monoisotopic (exact) mass is 232 g/mol. The molecule has 0 saturated heterocycles. The molecule has 0 spiro atoms. The Labute approximate surface area is 102 Å². The van der Waals surface area contributed by atoms with Gasteiger partial charge in [-0.15, -0.1) is 0 Å². The van der Waals surface area contributed by atoms with Gasteiger partial charge in [-0.1, -0.05) is 6.07 Å². The van der Waals surface area contributed by atoms with Crippen LogP contribution in [0.4, 0.5) is 0 Å². The van der Waals surface area contributed by atoms with Gasteiger partial charge < -0.3 is 9.88 Å². The van der Waals surface area contributed by atoms with Crippen LogP contribution in [0.25, 0.3) is 0 Å².